The third-order valence-electron chi connectivity index (χ3n) is 8.26. The zero-order valence-electron chi connectivity index (χ0n) is 24.9. The average molecular weight is 584 g/mol. The van der Waals surface area contributed by atoms with Gasteiger partial charge in [0.1, 0.15) is 17.2 Å². The van der Waals surface area contributed by atoms with Gasteiger partial charge in [-0.05, 0) is 57.6 Å². The number of hydrogen-bond acceptors (Lipinski definition) is 10. The predicted octanol–water partition coefficient (Wildman–Crippen LogP) is 5.08. The molecule has 2 atom stereocenters. The van der Waals surface area contributed by atoms with Crippen molar-refractivity contribution in [2.24, 2.45) is 0 Å². The summed E-state index contributed by atoms with van der Waals surface area (Å²) in [5, 5.41) is 0. The molecule has 42 heavy (non-hydrogen) atoms. The Bertz CT molecular complexity index is 1410. The molecule has 0 N–H and O–H groups in total. The van der Waals surface area contributed by atoms with Crippen LogP contribution in [0.25, 0.3) is 0 Å². The lowest BCUT2D eigenvalue weighted by atomic mass is 9.78. The molecule has 11 heteroatoms. The van der Waals surface area contributed by atoms with Gasteiger partial charge < -0.3 is 37.9 Å². The van der Waals surface area contributed by atoms with E-state index in [2.05, 4.69) is 0 Å². The first kappa shape index (κ1) is 28.3. The lowest BCUT2D eigenvalue weighted by Gasteiger charge is -2.42. The molecule has 1 amide bonds. The summed E-state index contributed by atoms with van der Waals surface area (Å²) in [4.78, 5) is 28.9. The van der Waals surface area contributed by atoms with Crippen LogP contribution in [0.2, 0.25) is 0 Å². The van der Waals surface area contributed by atoms with Crippen molar-refractivity contribution in [1.82, 2.24) is 4.90 Å². The number of esters is 1. The van der Waals surface area contributed by atoms with Crippen LogP contribution in [0.3, 0.4) is 0 Å². The lowest BCUT2D eigenvalue weighted by Crippen LogP contribution is -2.45. The number of benzene rings is 2. The van der Waals surface area contributed by atoms with Gasteiger partial charge in [-0.15, -0.1) is 0 Å². The number of fused-ring (bicyclic) bond motifs is 3. The number of nitrogens with zero attached hydrogens (tertiary/aromatic N) is 1. The molecule has 0 saturated carbocycles. The second kappa shape index (κ2) is 10.8. The number of carbonyl (C=O) groups excluding carboxylic acids is 2. The molecule has 0 spiro atoms. The summed E-state index contributed by atoms with van der Waals surface area (Å²) in [6.45, 7) is 7.14. The van der Waals surface area contributed by atoms with E-state index in [1.54, 1.807) is 24.1 Å². The third-order valence-corrected chi connectivity index (χ3v) is 8.26. The van der Waals surface area contributed by atoms with Gasteiger partial charge in [0.05, 0.1) is 21.3 Å². The summed E-state index contributed by atoms with van der Waals surface area (Å²) in [7, 11) is 4.55. The summed E-state index contributed by atoms with van der Waals surface area (Å²) < 4.78 is 46.8. The van der Waals surface area contributed by atoms with Gasteiger partial charge >= 0.3 is 12.1 Å². The Hall–Kier alpha value is -3.86. The van der Waals surface area contributed by atoms with Gasteiger partial charge in [-0.1, -0.05) is 6.07 Å². The molecule has 0 bridgehead atoms. The van der Waals surface area contributed by atoms with Gasteiger partial charge in [0.2, 0.25) is 12.5 Å². The molecule has 6 rings (SSSR count). The third kappa shape index (κ3) is 4.54. The molecular weight excluding hydrogens is 546 g/mol. The second-order valence-electron chi connectivity index (χ2n) is 11.8. The number of cyclic esters (lactones) is 1. The zero-order valence-corrected chi connectivity index (χ0v) is 24.9. The Morgan fingerprint density at radius 2 is 1.67 bits per heavy atom. The summed E-state index contributed by atoms with van der Waals surface area (Å²) >= 11 is 0. The summed E-state index contributed by atoms with van der Waals surface area (Å²) in [6, 6.07) is 2.74. The van der Waals surface area contributed by atoms with Crippen molar-refractivity contribution in [3.05, 3.63) is 39.9 Å². The number of ether oxygens (including phenoxy) is 8. The van der Waals surface area contributed by atoms with E-state index in [-0.39, 0.29) is 24.0 Å². The van der Waals surface area contributed by atoms with Crippen molar-refractivity contribution in [3.8, 4) is 28.7 Å². The second-order valence-corrected chi connectivity index (χ2v) is 11.8. The van der Waals surface area contributed by atoms with Gasteiger partial charge in [-0.25, -0.2) is 9.59 Å². The van der Waals surface area contributed by atoms with Gasteiger partial charge in [0.25, 0.3) is 0 Å². The quantitative estimate of drug-likeness (QED) is 0.442. The van der Waals surface area contributed by atoms with Gasteiger partial charge in [0.15, 0.2) is 29.1 Å². The van der Waals surface area contributed by atoms with Crippen LogP contribution >= 0.6 is 0 Å². The maximum absolute atomic E-state index is 13.8. The van der Waals surface area contributed by atoms with Gasteiger partial charge in [-0.3, -0.25) is 4.90 Å². The van der Waals surface area contributed by atoms with Crippen molar-refractivity contribution in [1.29, 1.82) is 0 Å². The highest BCUT2D eigenvalue weighted by atomic mass is 16.7. The maximum atomic E-state index is 13.8. The molecule has 2 aromatic rings. The van der Waals surface area contributed by atoms with Gasteiger partial charge in [0, 0.05) is 36.4 Å². The van der Waals surface area contributed by atoms with E-state index in [1.807, 2.05) is 20.8 Å². The molecule has 4 heterocycles. The number of hydrogen-bond donors (Lipinski definition) is 0. The van der Waals surface area contributed by atoms with Gasteiger partial charge in [-0.2, -0.15) is 0 Å². The molecule has 4 aliphatic rings. The van der Waals surface area contributed by atoms with Crippen molar-refractivity contribution in [2.75, 3.05) is 47.9 Å². The largest absolute Gasteiger partial charge is 0.493 e. The topological polar surface area (TPSA) is 111 Å². The number of rotatable bonds is 5. The number of carbonyl (C=O) groups is 2. The van der Waals surface area contributed by atoms with E-state index in [1.165, 1.54) is 14.2 Å². The van der Waals surface area contributed by atoms with Crippen LogP contribution in [0.15, 0.2) is 12.1 Å². The van der Waals surface area contributed by atoms with Crippen LogP contribution in [-0.2, 0) is 20.6 Å². The highest BCUT2D eigenvalue weighted by Crippen LogP contribution is 2.59. The van der Waals surface area contributed by atoms with E-state index in [0.717, 1.165) is 29.5 Å². The Kier molecular flexibility index (Phi) is 7.24. The molecule has 2 aromatic carbocycles. The fraction of sp³-hybridized carbons (Fsp3) is 0.548. The van der Waals surface area contributed by atoms with E-state index in [9.17, 15) is 9.59 Å². The molecule has 0 unspecified atom stereocenters. The minimum absolute atomic E-state index is 0.0590. The Morgan fingerprint density at radius 3 is 2.33 bits per heavy atom. The first-order chi connectivity index (χ1) is 20.2. The maximum Gasteiger partial charge on any atom is 0.410 e. The summed E-state index contributed by atoms with van der Waals surface area (Å²) in [5.74, 6) is 1.92. The first-order valence-electron chi connectivity index (χ1n) is 14.2. The highest BCUT2D eigenvalue weighted by Gasteiger charge is 2.50. The van der Waals surface area contributed by atoms with Crippen LogP contribution in [0.1, 0.15) is 84.3 Å². The predicted molar refractivity (Wildman–Crippen MR) is 149 cm³/mol. The van der Waals surface area contributed by atoms with E-state index < -0.39 is 29.8 Å². The van der Waals surface area contributed by atoms with E-state index >= 15 is 0 Å². The molecule has 11 nitrogen and oxygen atoms in total. The molecule has 0 radical (unpaired) electrons. The van der Waals surface area contributed by atoms with Crippen LogP contribution in [-0.4, -0.2) is 70.4 Å². The van der Waals surface area contributed by atoms with Crippen molar-refractivity contribution in [3.63, 3.8) is 0 Å². The smallest absolute Gasteiger partial charge is 0.410 e. The fourth-order valence-corrected chi connectivity index (χ4v) is 6.62. The number of methoxy groups -OCH3 is 3. The van der Waals surface area contributed by atoms with Crippen molar-refractivity contribution < 1.29 is 47.5 Å². The molecule has 1 fully saturated rings. The minimum atomic E-state index is -0.879. The minimum Gasteiger partial charge on any atom is -0.493 e. The standard InChI is InChI=1S/C31H37NO10/c1-31(2,3)42-30(34)32-12-9-17-20(16-10-13-38-14-11-16)27-28(40-15-39-27)26(37-6)21(17)23(32)24-18-7-8-19(35-4)25(36-5)22(18)29(33)41-24/h7-8,16,23-24H,9-15H2,1-6H3/t23-,24+/m1/s1. The Morgan fingerprint density at radius 1 is 0.952 bits per heavy atom. The van der Waals surface area contributed by atoms with Crippen molar-refractivity contribution >= 4 is 12.1 Å². The molecule has 226 valence electrons. The first-order valence-corrected chi connectivity index (χ1v) is 14.2. The summed E-state index contributed by atoms with van der Waals surface area (Å²) in [6.07, 6.45) is 0.788. The highest BCUT2D eigenvalue weighted by molar-refractivity contribution is 5.98. The monoisotopic (exact) mass is 583 g/mol. The molecule has 1 saturated heterocycles. The van der Waals surface area contributed by atoms with Crippen molar-refractivity contribution in [2.45, 2.75) is 63.7 Å². The average Bonchev–Trinajstić information content (AvgIpc) is 3.58. The van der Waals surface area contributed by atoms with Crippen LogP contribution in [0.4, 0.5) is 4.79 Å². The van der Waals surface area contributed by atoms with Crippen LogP contribution in [0, 0.1) is 0 Å². The normalized spacial score (nSPS) is 21.4. The number of amides is 1. The Balaban J connectivity index is 1.59. The van der Waals surface area contributed by atoms with Crippen LogP contribution < -0.4 is 23.7 Å². The van der Waals surface area contributed by atoms with Crippen LogP contribution in [0.5, 0.6) is 28.7 Å². The molecule has 4 aliphatic heterocycles. The lowest BCUT2D eigenvalue weighted by molar-refractivity contribution is -0.0196. The fourth-order valence-electron chi connectivity index (χ4n) is 6.62. The SMILES string of the molecule is COc1ccc2c(c1OC)C(=O)O[C@@H]2[C@H]1c2c(c(C3CCOCC3)c3c(c2OC)OCO3)CCN1C(=O)OC(C)(C)C. The Labute approximate surface area is 244 Å². The zero-order chi connectivity index (χ0) is 29.8. The molecule has 0 aromatic heterocycles. The van der Waals surface area contributed by atoms with E-state index in [4.69, 9.17) is 37.9 Å². The van der Waals surface area contributed by atoms with E-state index in [0.29, 0.717) is 54.7 Å². The summed E-state index contributed by atoms with van der Waals surface area (Å²) in [5.41, 5.74) is 2.89. The molecule has 0 aliphatic carbocycles. The molecular formula is C31H37NO10.